The van der Waals surface area contributed by atoms with Crippen LogP contribution in [0, 0.1) is 12.7 Å². The molecular weight excluding hydrogens is 343 g/mol. The minimum atomic E-state index is -0.576. The standard InChI is InChI=1S/C19H18ClFN2O2/c1-12-3-5-17(6-4-12)23-10-13(2)22(11-18(23)24)19(25)14-7-15(20)9-16(21)8-14/h3-9,13H,10-11H2,1-2H3/t13-/m1/s1. The van der Waals surface area contributed by atoms with Crippen molar-refractivity contribution in [3.63, 3.8) is 0 Å². The number of anilines is 1. The molecule has 1 atom stereocenters. The molecule has 6 heteroatoms. The molecule has 0 aromatic heterocycles. The highest BCUT2D eigenvalue weighted by Crippen LogP contribution is 2.23. The average molecular weight is 361 g/mol. The number of hydrogen-bond acceptors (Lipinski definition) is 2. The molecule has 4 nitrogen and oxygen atoms in total. The number of halogens is 2. The molecule has 2 aromatic rings. The van der Waals surface area contributed by atoms with Gasteiger partial charge in [-0.25, -0.2) is 4.39 Å². The number of amides is 2. The molecule has 3 rings (SSSR count). The molecule has 25 heavy (non-hydrogen) atoms. The summed E-state index contributed by atoms with van der Waals surface area (Å²) >= 11 is 5.83. The maximum Gasteiger partial charge on any atom is 0.254 e. The van der Waals surface area contributed by atoms with Crippen molar-refractivity contribution in [2.45, 2.75) is 19.9 Å². The Morgan fingerprint density at radius 3 is 2.52 bits per heavy atom. The molecular formula is C19H18ClFN2O2. The summed E-state index contributed by atoms with van der Waals surface area (Å²) in [5.41, 5.74) is 2.07. The van der Waals surface area contributed by atoms with Crippen LogP contribution < -0.4 is 4.90 Å². The first-order valence-electron chi connectivity index (χ1n) is 7.99. The lowest BCUT2D eigenvalue weighted by Gasteiger charge is -2.39. The number of carbonyl (C=O) groups excluding carboxylic acids is 2. The van der Waals surface area contributed by atoms with Gasteiger partial charge in [0, 0.05) is 28.9 Å². The van der Waals surface area contributed by atoms with Gasteiger partial charge in [-0.05, 0) is 44.2 Å². The van der Waals surface area contributed by atoms with Crippen molar-refractivity contribution in [1.29, 1.82) is 0 Å². The van der Waals surface area contributed by atoms with E-state index in [4.69, 9.17) is 11.6 Å². The molecule has 0 radical (unpaired) electrons. The summed E-state index contributed by atoms with van der Waals surface area (Å²) in [6.07, 6.45) is 0. The van der Waals surface area contributed by atoms with Gasteiger partial charge in [0.1, 0.15) is 12.4 Å². The zero-order valence-electron chi connectivity index (χ0n) is 14.0. The van der Waals surface area contributed by atoms with Gasteiger partial charge in [0.05, 0.1) is 0 Å². The van der Waals surface area contributed by atoms with Gasteiger partial charge >= 0.3 is 0 Å². The Morgan fingerprint density at radius 2 is 1.88 bits per heavy atom. The summed E-state index contributed by atoms with van der Waals surface area (Å²) in [5.74, 6) is -1.14. The number of piperazine rings is 1. The molecule has 2 aromatic carbocycles. The smallest absolute Gasteiger partial charge is 0.254 e. The van der Waals surface area contributed by atoms with Crippen LogP contribution in [0.3, 0.4) is 0 Å². The first kappa shape index (κ1) is 17.4. The fourth-order valence-corrected chi connectivity index (χ4v) is 3.16. The zero-order valence-corrected chi connectivity index (χ0v) is 14.8. The van der Waals surface area contributed by atoms with Crippen LogP contribution in [0.1, 0.15) is 22.8 Å². The van der Waals surface area contributed by atoms with Gasteiger partial charge in [0.25, 0.3) is 5.91 Å². The van der Waals surface area contributed by atoms with E-state index in [0.29, 0.717) is 6.54 Å². The molecule has 0 aliphatic carbocycles. The van der Waals surface area contributed by atoms with E-state index in [9.17, 15) is 14.0 Å². The molecule has 130 valence electrons. The number of hydrogen-bond donors (Lipinski definition) is 0. The summed E-state index contributed by atoms with van der Waals surface area (Å²) in [6.45, 7) is 4.18. The largest absolute Gasteiger partial charge is 0.325 e. The van der Waals surface area contributed by atoms with E-state index in [1.165, 1.54) is 11.0 Å². The van der Waals surface area contributed by atoms with Crippen molar-refractivity contribution in [2.24, 2.45) is 0 Å². The minimum Gasteiger partial charge on any atom is -0.325 e. The lowest BCUT2D eigenvalue weighted by atomic mass is 10.1. The van der Waals surface area contributed by atoms with Gasteiger partial charge in [-0.1, -0.05) is 29.3 Å². The predicted octanol–water partition coefficient (Wildman–Crippen LogP) is 3.67. The monoisotopic (exact) mass is 360 g/mol. The van der Waals surface area contributed by atoms with Crippen LogP contribution in [0.2, 0.25) is 5.02 Å². The average Bonchev–Trinajstić information content (AvgIpc) is 2.56. The van der Waals surface area contributed by atoms with Crippen molar-refractivity contribution >= 4 is 29.1 Å². The van der Waals surface area contributed by atoms with Crippen molar-refractivity contribution in [2.75, 3.05) is 18.0 Å². The van der Waals surface area contributed by atoms with E-state index < -0.39 is 11.7 Å². The van der Waals surface area contributed by atoms with Gasteiger partial charge in [-0.3, -0.25) is 9.59 Å². The molecule has 0 saturated carbocycles. The SMILES string of the molecule is Cc1ccc(N2C[C@@H](C)N(C(=O)c3cc(F)cc(Cl)c3)CC2=O)cc1. The fourth-order valence-electron chi connectivity index (χ4n) is 2.94. The summed E-state index contributed by atoms with van der Waals surface area (Å²) < 4.78 is 13.5. The van der Waals surface area contributed by atoms with Crippen molar-refractivity contribution in [3.05, 3.63) is 64.4 Å². The second kappa shape index (κ2) is 6.84. The first-order chi connectivity index (χ1) is 11.8. The third-order valence-electron chi connectivity index (χ3n) is 4.30. The molecule has 1 saturated heterocycles. The molecule has 0 bridgehead atoms. The van der Waals surface area contributed by atoms with Crippen molar-refractivity contribution < 1.29 is 14.0 Å². The van der Waals surface area contributed by atoms with Crippen LogP contribution in [-0.2, 0) is 4.79 Å². The maximum atomic E-state index is 13.5. The Balaban J connectivity index is 1.81. The van der Waals surface area contributed by atoms with E-state index in [1.54, 1.807) is 4.90 Å². The van der Waals surface area contributed by atoms with Gasteiger partial charge in [-0.15, -0.1) is 0 Å². The Labute approximate surface area is 150 Å². The number of carbonyl (C=O) groups is 2. The summed E-state index contributed by atoms with van der Waals surface area (Å²) in [4.78, 5) is 28.3. The lowest BCUT2D eigenvalue weighted by molar-refractivity contribution is -0.121. The minimum absolute atomic E-state index is 0.0536. The van der Waals surface area contributed by atoms with Crippen molar-refractivity contribution in [1.82, 2.24) is 4.90 Å². The van der Waals surface area contributed by atoms with Crippen LogP contribution in [0.5, 0.6) is 0 Å². The topological polar surface area (TPSA) is 40.6 Å². The zero-order chi connectivity index (χ0) is 18.1. The molecule has 1 fully saturated rings. The predicted molar refractivity (Wildman–Crippen MR) is 95.4 cm³/mol. The molecule has 1 aliphatic rings. The highest BCUT2D eigenvalue weighted by Gasteiger charge is 2.33. The molecule has 0 N–H and O–H groups in total. The fraction of sp³-hybridized carbons (Fsp3) is 0.263. The van der Waals surface area contributed by atoms with E-state index in [-0.39, 0.29) is 29.1 Å². The summed E-state index contributed by atoms with van der Waals surface area (Å²) in [5, 5.41) is 0.153. The summed E-state index contributed by atoms with van der Waals surface area (Å²) in [7, 11) is 0. The highest BCUT2D eigenvalue weighted by atomic mass is 35.5. The van der Waals surface area contributed by atoms with E-state index >= 15 is 0 Å². The molecule has 0 unspecified atom stereocenters. The second-order valence-corrected chi connectivity index (χ2v) is 6.72. The van der Waals surface area contributed by atoms with Crippen LogP contribution >= 0.6 is 11.6 Å². The lowest BCUT2D eigenvalue weighted by Crippen LogP contribution is -2.57. The van der Waals surface area contributed by atoms with Gasteiger partial charge in [0.2, 0.25) is 5.91 Å². The van der Waals surface area contributed by atoms with E-state index in [1.807, 2.05) is 38.1 Å². The Hall–Kier alpha value is -2.40. The van der Waals surface area contributed by atoms with Crippen LogP contribution in [0.4, 0.5) is 10.1 Å². The number of aryl methyl sites for hydroxylation is 1. The third kappa shape index (κ3) is 3.66. The highest BCUT2D eigenvalue weighted by molar-refractivity contribution is 6.31. The summed E-state index contributed by atoms with van der Waals surface area (Å²) in [6, 6.07) is 11.2. The van der Waals surface area contributed by atoms with E-state index in [0.717, 1.165) is 23.4 Å². The molecule has 2 amide bonds. The quantitative estimate of drug-likeness (QED) is 0.820. The Bertz CT molecular complexity index is 802. The second-order valence-electron chi connectivity index (χ2n) is 6.28. The first-order valence-corrected chi connectivity index (χ1v) is 8.37. The normalized spacial score (nSPS) is 17.8. The van der Waals surface area contributed by atoms with Gasteiger partial charge in [0.15, 0.2) is 0 Å². The number of nitrogens with zero attached hydrogens (tertiary/aromatic N) is 2. The molecule has 0 spiro atoms. The third-order valence-corrected chi connectivity index (χ3v) is 4.52. The Morgan fingerprint density at radius 1 is 1.20 bits per heavy atom. The number of rotatable bonds is 2. The van der Waals surface area contributed by atoms with Gasteiger partial charge in [-0.2, -0.15) is 0 Å². The van der Waals surface area contributed by atoms with Gasteiger partial charge < -0.3 is 9.80 Å². The van der Waals surface area contributed by atoms with Crippen molar-refractivity contribution in [3.8, 4) is 0 Å². The maximum absolute atomic E-state index is 13.5. The Kier molecular flexibility index (Phi) is 4.77. The van der Waals surface area contributed by atoms with Crippen LogP contribution in [0.25, 0.3) is 0 Å². The molecule has 1 aliphatic heterocycles. The number of benzene rings is 2. The van der Waals surface area contributed by atoms with E-state index in [2.05, 4.69) is 0 Å². The molecule has 1 heterocycles. The van der Waals surface area contributed by atoms with Crippen LogP contribution in [0.15, 0.2) is 42.5 Å². The van der Waals surface area contributed by atoms with Crippen LogP contribution in [-0.4, -0.2) is 35.8 Å².